The van der Waals surface area contributed by atoms with Gasteiger partial charge in [0.15, 0.2) is 0 Å². The Morgan fingerprint density at radius 2 is 2.30 bits per heavy atom. The van der Waals surface area contributed by atoms with Crippen molar-refractivity contribution in [2.45, 2.75) is 33.2 Å². The maximum absolute atomic E-state index is 11.4. The van der Waals surface area contributed by atoms with E-state index in [4.69, 9.17) is 5.73 Å². The highest BCUT2D eigenvalue weighted by Crippen LogP contribution is 2.28. The number of anilines is 1. The minimum Gasteiger partial charge on any atom is -0.369 e. The zero-order valence-corrected chi connectivity index (χ0v) is 12.6. The van der Waals surface area contributed by atoms with Gasteiger partial charge in [0.2, 0.25) is 5.91 Å². The maximum Gasteiger partial charge on any atom is 0.222 e. The molecule has 20 heavy (non-hydrogen) atoms. The van der Waals surface area contributed by atoms with Gasteiger partial charge in [-0.15, -0.1) is 0 Å². The van der Waals surface area contributed by atoms with Crippen molar-refractivity contribution < 1.29 is 4.79 Å². The van der Waals surface area contributed by atoms with E-state index in [1.165, 1.54) is 5.56 Å². The molecule has 6 heteroatoms. The topological polar surface area (TPSA) is 76.2 Å². The molecule has 2 heterocycles. The van der Waals surface area contributed by atoms with E-state index in [1.54, 1.807) is 0 Å². The Labute approximate surface area is 120 Å². The molecule has 1 aromatic rings. The molecule has 1 aliphatic heterocycles. The summed E-state index contributed by atoms with van der Waals surface area (Å²) in [6.07, 6.45) is 1.89. The number of rotatable bonds is 5. The normalized spacial score (nSPS) is 19.4. The number of nitrogens with one attached hydrogen (secondary N) is 1. The smallest absolute Gasteiger partial charge is 0.222 e. The van der Waals surface area contributed by atoms with E-state index >= 15 is 0 Å². The molecule has 112 valence electrons. The molecule has 2 rings (SSSR count). The van der Waals surface area contributed by atoms with Crippen molar-refractivity contribution in [2.24, 2.45) is 18.7 Å². The van der Waals surface area contributed by atoms with Crippen LogP contribution in [0.3, 0.4) is 0 Å². The molecule has 0 saturated carbocycles. The fourth-order valence-corrected chi connectivity index (χ4v) is 2.94. The number of nitrogens with two attached hydrogens (primary N) is 1. The van der Waals surface area contributed by atoms with Crippen LogP contribution in [0.1, 0.15) is 31.0 Å². The van der Waals surface area contributed by atoms with Crippen LogP contribution in [-0.2, 0) is 18.4 Å². The second-order valence-electron chi connectivity index (χ2n) is 5.48. The Balaban J connectivity index is 2.24. The van der Waals surface area contributed by atoms with Crippen molar-refractivity contribution in [3.63, 3.8) is 0 Å². The Morgan fingerprint density at radius 1 is 1.55 bits per heavy atom. The van der Waals surface area contributed by atoms with Gasteiger partial charge in [-0.3, -0.25) is 9.48 Å². The van der Waals surface area contributed by atoms with Crippen LogP contribution in [0.15, 0.2) is 0 Å². The number of hydrogen-bond acceptors (Lipinski definition) is 4. The number of amides is 1. The van der Waals surface area contributed by atoms with E-state index in [1.807, 2.05) is 18.7 Å². The van der Waals surface area contributed by atoms with Crippen molar-refractivity contribution in [1.82, 2.24) is 15.1 Å². The van der Waals surface area contributed by atoms with E-state index in [2.05, 4.69) is 22.2 Å². The minimum atomic E-state index is -0.193. The summed E-state index contributed by atoms with van der Waals surface area (Å²) in [7, 11) is 1.96. The first-order valence-corrected chi connectivity index (χ1v) is 7.32. The summed E-state index contributed by atoms with van der Waals surface area (Å²) in [5, 5.41) is 7.89. The summed E-state index contributed by atoms with van der Waals surface area (Å²) in [6, 6.07) is 0. The van der Waals surface area contributed by atoms with E-state index in [9.17, 15) is 4.79 Å². The zero-order chi connectivity index (χ0) is 14.7. The lowest BCUT2D eigenvalue weighted by Gasteiger charge is -2.33. The fourth-order valence-electron chi connectivity index (χ4n) is 2.94. The predicted molar refractivity (Wildman–Crippen MR) is 79.5 cm³/mol. The van der Waals surface area contributed by atoms with Crippen LogP contribution in [0.5, 0.6) is 0 Å². The molecule has 1 amide bonds. The SMILES string of the molecule is CCNCc1c(C)nn(C)c1N1CCCC(C(N)=O)C1. The third kappa shape index (κ3) is 2.95. The molecule has 1 atom stereocenters. The number of aryl methyl sites for hydroxylation is 2. The number of aromatic nitrogens is 2. The summed E-state index contributed by atoms with van der Waals surface area (Å²) >= 11 is 0. The fraction of sp³-hybridized carbons (Fsp3) is 0.714. The molecular weight excluding hydrogens is 254 g/mol. The molecule has 1 aromatic heterocycles. The van der Waals surface area contributed by atoms with E-state index < -0.39 is 0 Å². The number of primary amides is 1. The van der Waals surface area contributed by atoms with Crippen LogP contribution in [0.4, 0.5) is 5.82 Å². The highest BCUT2D eigenvalue weighted by molar-refractivity contribution is 5.77. The zero-order valence-electron chi connectivity index (χ0n) is 12.6. The molecule has 3 N–H and O–H groups in total. The van der Waals surface area contributed by atoms with Gasteiger partial charge in [0.1, 0.15) is 5.82 Å². The third-order valence-corrected chi connectivity index (χ3v) is 3.99. The molecular formula is C14H25N5O. The summed E-state index contributed by atoms with van der Waals surface area (Å²) in [4.78, 5) is 13.7. The van der Waals surface area contributed by atoms with Gasteiger partial charge in [-0.2, -0.15) is 5.10 Å². The van der Waals surface area contributed by atoms with Crippen LogP contribution < -0.4 is 16.0 Å². The minimum absolute atomic E-state index is 0.0501. The second kappa shape index (κ2) is 6.26. The summed E-state index contributed by atoms with van der Waals surface area (Å²) in [5.74, 6) is 0.877. The lowest BCUT2D eigenvalue weighted by Crippen LogP contribution is -2.42. The largest absolute Gasteiger partial charge is 0.369 e. The van der Waals surface area contributed by atoms with Gasteiger partial charge in [-0.1, -0.05) is 6.92 Å². The lowest BCUT2D eigenvalue weighted by molar-refractivity contribution is -0.122. The van der Waals surface area contributed by atoms with E-state index in [0.29, 0.717) is 6.54 Å². The van der Waals surface area contributed by atoms with Crippen molar-refractivity contribution in [1.29, 1.82) is 0 Å². The standard InChI is InChI=1S/C14H25N5O/c1-4-16-8-12-10(2)17-18(3)14(12)19-7-5-6-11(9-19)13(15)20/h11,16H,4-9H2,1-3H3,(H2,15,20). The van der Waals surface area contributed by atoms with Gasteiger partial charge in [-0.25, -0.2) is 0 Å². The molecule has 1 saturated heterocycles. The number of nitrogens with zero attached hydrogens (tertiary/aromatic N) is 3. The van der Waals surface area contributed by atoms with E-state index in [0.717, 1.165) is 44.0 Å². The molecule has 1 unspecified atom stereocenters. The van der Waals surface area contributed by atoms with Gasteiger partial charge in [0.05, 0.1) is 11.6 Å². The first-order valence-electron chi connectivity index (χ1n) is 7.32. The number of carbonyl (C=O) groups is 1. The molecule has 0 spiro atoms. The Bertz CT molecular complexity index is 482. The van der Waals surface area contributed by atoms with Crippen LogP contribution >= 0.6 is 0 Å². The Morgan fingerprint density at radius 3 is 2.95 bits per heavy atom. The monoisotopic (exact) mass is 279 g/mol. The van der Waals surface area contributed by atoms with Crippen molar-refractivity contribution in [3.05, 3.63) is 11.3 Å². The van der Waals surface area contributed by atoms with Crippen LogP contribution in [0.25, 0.3) is 0 Å². The van der Waals surface area contributed by atoms with Gasteiger partial charge < -0.3 is 16.0 Å². The highest BCUT2D eigenvalue weighted by atomic mass is 16.1. The Kier molecular flexibility index (Phi) is 4.65. The Hall–Kier alpha value is -1.56. The molecule has 1 fully saturated rings. The first kappa shape index (κ1) is 14.8. The summed E-state index contributed by atoms with van der Waals surface area (Å²) in [5.41, 5.74) is 7.74. The van der Waals surface area contributed by atoms with Gasteiger partial charge in [0, 0.05) is 32.2 Å². The van der Waals surface area contributed by atoms with Gasteiger partial charge in [0.25, 0.3) is 0 Å². The molecule has 1 aliphatic rings. The van der Waals surface area contributed by atoms with Gasteiger partial charge in [-0.05, 0) is 26.3 Å². The average molecular weight is 279 g/mol. The quantitative estimate of drug-likeness (QED) is 0.825. The highest BCUT2D eigenvalue weighted by Gasteiger charge is 2.27. The molecule has 0 radical (unpaired) electrons. The molecule has 0 aliphatic carbocycles. The van der Waals surface area contributed by atoms with E-state index in [-0.39, 0.29) is 11.8 Å². The molecule has 0 aromatic carbocycles. The van der Waals surface area contributed by atoms with Crippen LogP contribution in [-0.4, -0.2) is 35.3 Å². The number of carbonyl (C=O) groups excluding carboxylic acids is 1. The van der Waals surface area contributed by atoms with Crippen molar-refractivity contribution in [2.75, 3.05) is 24.5 Å². The van der Waals surface area contributed by atoms with Crippen molar-refractivity contribution >= 4 is 11.7 Å². The predicted octanol–water partition coefficient (Wildman–Crippen LogP) is 0.540. The molecule has 0 bridgehead atoms. The average Bonchev–Trinajstić information content (AvgIpc) is 2.70. The van der Waals surface area contributed by atoms with Crippen molar-refractivity contribution in [3.8, 4) is 0 Å². The first-order chi connectivity index (χ1) is 9.54. The number of piperidine rings is 1. The summed E-state index contributed by atoms with van der Waals surface area (Å²) < 4.78 is 1.92. The third-order valence-electron chi connectivity index (χ3n) is 3.99. The lowest BCUT2D eigenvalue weighted by atomic mass is 9.97. The summed E-state index contributed by atoms with van der Waals surface area (Å²) in [6.45, 7) is 7.53. The second-order valence-corrected chi connectivity index (χ2v) is 5.48. The van der Waals surface area contributed by atoms with Crippen LogP contribution in [0, 0.1) is 12.8 Å². The number of hydrogen-bond donors (Lipinski definition) is 2. The van der Waals surface area contributed by atoms with Gasteiger partial charge >= 0.3 is 0 Å². The molecule has 6 nitrogen and oxygen atoms in total. The van der Waals surface area contributed by atoms with Crippen LogP contribution in [0.2, 0.25) is 0 Å². The maximum atomic E-state index is 11.4.